The van der Waals surface area contributed by atoms with Gasteiger partial charge in [0, 0.05) is 6.42 Å². The van der Waals surface area contributed by atoms with Gasteiger partial charge in [-0.3, -0.25) is 0 Å². The van der Waals surface area contributed by atoms with Crippen LogP contribution in [0.4, 0.5) is 0 Å². The standard InChI is InChI=1S/C6H12O5/c7-2-3-1-4(8)5(9)6(10)11-3/h3-10H,1-2H2/t3-,4+,5-,6-/m1/s1. The van der Waals surface area contributed by atoms with Crippen molar-refractivity contribution in [3.8, 4) is 0 Å². The van der Waals surface area contributed by atoms with Gasteiger partial charge in [0.15, 0.2) is 6.29 Å². The van der Waals surface area contributed by atoms with E-state index in [1.165, 1.54) is 0 Å². The van der Waals surface area contributed by atoms with Crippen molar-refractivity contribution in [3.63, 3.8) is 0 Å². The highest BCUT2D eigenvalue weighted by molar-refractivity contribution is 4.79. The lowest BCUT2D eigenvalue weighted by Gasteiger charge is -2.33. The Morgan fingerprint density at radius 2 is 1.91 bits per heavy atom. The smallest absolute Gasteiger partial charge is 0.183 e. The van der Waals surface area contributed by atoms with Gasteiger partial charge in [-0.05, 0) is 0 Å². The molecule has 4 atom stereocenters. The van der Waals surface area contributed by atoms with Crippen LogP contribution in [0.15, 0.2) is 0 Å². The van der Waals surface area contributed by atoms with Crippen molar-refractivity contribution in [2.45, 2.75) is 31.0 Å². The Morgan fingerprint density at radius 3 is 2.36 bits per heavy atom. The van der Waals surface area contributed by atoms with E-state index >= 15 is 0 Å². The molecule has 0 amide bonds. The SMILES string of the molecule is OC[C@H]1C[C@H](O)[C@@H](O)[C@H](O)O1. The Morgan fingerprint density at radius 1 is 1.27 bits per heavy atom. The fraction of sp³-hybridized carbons (Fsp3) is 1.00. The minimum atomic E-state index is -1.39. The summed E-state index contributed by atoms with van der Waals surface area (Å²) in [6.07, 6.45) is -4.11. The summed E-state index contributed by atoms with van der Waals surface area (Å²) >= 11 is 0. The van der Waals surface area contributed by atoms with Crippen molar-refractivity contribution in [3.05, 3.63) is 0 Å². The molecule has 1 heterocycles. The van der Waals surface area contributed by atoms with Gasteiger partial charge in [-0.1, -0.05) is 0 Å². The summed E-state index contributed by atoms with van der Waals surface area (Å²) < 4.78 is 4.71. The maximum absolute atomic E-state index is 9.05. The first kappa shape index (κ1) is 8.89. The van der Waals surface area contributed by atoms with Crippen molar-refractivity contribution in [1.82, 2.24) is 0 Å². The molecule has 0 aromatic carbocycles. The van der Waals surface area contributed by atoms with Gasteiger partial charge in [-0.15, -0.1) is 0 Å². The second kappa shape index (κ2) is 3.46. The van der Waals surface area contributed by atoms with E-state index in [1.807, 2.05) is 0 Å². The highest BCUT2D eigenvalue weighted by Crippen LogP contribution is 2.17. The summed E-state index contributed by atoms with van der Waals surface area (Å²) in [6, 6.07) is 0. The second-order valence-electron chi connectivity index (χ2n) is 2.62. The van der Waals surface area contributed by atoms with Gasteiger partial charge in [0.05, 0.1) is 18.8 Å². The molecule has 1 saturated heterocycles. The molecule has 1 rings (SSSR count). The van der Waals surface area contributed by atoms with Gasteiger partial charge < -0.3 is 25.2 Å². The van der Waals surface area contributed by atoms with Crippen LogP contribution in [-0.2, 0) is 4.74 Å². The summed E-state index contributed by atoms with van der Waals surface area (Å²) in [6.45, 7) is -0.263. The molecule has 0 spiro atoms. The summed E-state index contributed by atoms with van der Waals surface area (Å²) in [5.41, 5.74) is 0. The number of aliphatic hydroxyl groups excluding tert-OH is 4. The van der Waals surface area contributed by atoms with Crippen molar-refractivity contribution >= 4 is 0 Å². The molecule has 66 valence electrons. The van der Waals surface area contributed by atoms with Gasteiger partial charge >= 0.3 is 0 Å². The normalized spacial score (nSPS) is 45.8. The van der Waals surface area contributed by atoms with E-state index in [2.05, 4.69) is 0 Å². The van der Waals surface area contributed by atoms with E-state index in [1.54, 1.807) is 0 Å². The highest BCUT2D eigenvalue weighted by Gasteiger charge is 2.34. The first-order valence-electron chi connectivity index (χ1n) is 3.45. The van der Waals surface area contributed by atoms with Gasteiger partial charge in [0.1, 0.15) is 6.10 Å². The van der Waals surface area contributed by atoms with Crippen LogP contribution in [0.5, 0.6) is 0 Å². The number of ether oxygens (including phenoxy) is 1. The van der Waals surface area contributed by atoms with Gasteiger partial charge in [0.2, 0.25) is 0 Å². The van der Waals surface area contributed by atoms with Crippen LogP contribution in [-0.4, -0.2) is 51.6 Å². The van der Waals surface area contributed by atoms with Gasteiger partial charge in [-0.25, -0.2) is 0 Å². The average Bonchev–Trinajstić information content (AvgIpc) is 1.99. The van der Waals surface area contributed by atoms with Gasteiger partial charge in [-0.2, -0.15) is 0 Å². The summed E-state index contributed by atoms with van der Waals surface area (Å²) in [7, 11) is 0. The quantitative estimate of drug-likeness (QED) is 0.353. The van der Waals surface area contributed by atoms with Crippen molar-refractivity contribution < 1.29 is 25.2 Å². The molecule has 0 aromatic heterocycles. The number of rotatable bonds is 1. The minimum Gasteiger partial charge on any atom is -0.394 e. The Bertz CT molecular complexity index is 116. The highest BCUT2D eigenvalue weighted by atomic mass is 16.6. The lowest BCUT2D eigenvalue weighted by molar-refractivity contribution is -0.251. The lowest BCUT2D eigenvalue weighted by Crippen LogP contribution is -2.49. The molecular weight excluding hydrogens is 152 g/mol. The van der Waals surface area contributed by atoms with Crippen molar-refractivity contribution in [2.24, 2.45) is 0 Å². The van der Waals surface area contributed by atoms with Crippen LogP contribution in [0.1, 0.15) is 6.42 Å². The Balaban J connectivity index is 2.47. The first-order chi connectivity index (χ1) is 5.15. The third-order valence-corrected chi connectivity index (χ3v) is 1.73. The Hall–Kier alpha value is -0.200. The van der Waals surface area contributed by atoms with Crippen molar-refractivity contribution in [2.75, 3.05) is 6.61 Å². The Labute approximate surface area is 63.8 Å². The zero-order valence-electron chi connectivity index (χ0n) is 5.92. The van der Waals surface area contributed by atoms with Crippen LogP contribution < -0.4 is 0 Å². The minimum absolute atomic E-state index is 0.148. The third-order valence-electron chi connectivity index (χ3n) is 1.73. The molecule has 0 unspecified atom stereocenters. The molecule has 5 heteroatoms. The van der Waals surface area contributed by atoms with E-state index in [-0.39, 0.29) is 13.0 Å². The largest absolute Gasteiger partial charge is 0.394 e. The molecule has 1 aliphatic heterocycles. The molecule has 11 heavy (non-hydrogen) atoms. The molecule has 0 radical (unpaired) electrons. The fourth-order valence-electron chi connectivity index (χ4n) is 1.05. The van der Waals surface area contributed by atoms with E-state index in [9.17, 15) is 0 Å². The van der Waals surface area contributed by atoms with E-state index in [4.69, 9.17) is 25.2 Å². The molecular formula is C6H12O5. The fourth-order valence-corrected chi connectivity index (χ4v) is 1.05. The molecule has 0 aliphatic carbocycles. The monoisotopic (exact) mass is 164 g/mol. The number of hydrogen-bond acceptors (Lipinski definition) is 5. The number of aliphatic hydroxyl groups is 4. The summed E-state index contributed by atoms with van der Waals surface area (Å²) in [5.74, 6) is 0. The predicted molar refractivity (Wildman–Crippen MR) is 34.6 cm³/mol. The molecule has 4 N–H and O–H groups in total. The van der Waals surface area contributed by atoms with Crippen LogP contribution >= 0.6 is 0 Å². The third kappa shape index (κ3) is 1.88. The second-order valence-corrected chi connectivity index (χ2v) is 2.62. The maximum Gasteiger partial charge on any atom is 0.183 e. The zero-order valence-corrected chi connectivity index (χ0v) is 5.92. The summed E-state index contributed by atoms with van der Waals surface area (Å²) in [4.78, 5) is 0. The van der Waals surface area contributed by atoms with Crippen LogP contribution in [0.2, 0.25) is 0 Å². The van der Waals surface area contributed by atoms with Crippen LogP contribution in [0.25, 0.3) is 0 Å². The molecule has 5 nitrogen and oxygen atoms in total. The van der Waals surface area contributed by atoms with Crippen LogP contribution in [0.3, 0.4) is 0 Å². The predicted octanol–water partition coefficient (Wildman–Crippen LogP) is -2.19. The maximum atomic E-state index is 9.05. The van der Waals surface area contributed by atoms with E-state index in [0.717, 1.165) is 0 Å². The topological polar surface area (TPSA) is 90.2 Å². The van der Waals surface area contributed by atoms with Gasteiger partial charge in [0.25, 0.3) is 0 Å². The average molecular weight is 164 g/mol. The number of hydrogen-bond donors (Lipinski definition) is 4. The zero-order chi connectivity index (χ0) is 8.43. The molecule has 0 aromatic rings. The first-order valence-corrected chi connectivity index (χ1v) is 3.45. The molecule has 0 bridgehead atoms. The van der Waals surface area contributed by atoms with Crippen molar-refractivity contribution in [1.29, 1.82) is 0 Å². The van der Waals surface area contributed by atoms with E-state index in [0.29, 0.717) is 0 Å². The molecule has 1 fully saturated rings. The molecule has 1 aliphatic rings. The molecule has 0 saturated carbocycles. The summed E-state index contributed by atoms with van der Waals surface area (Å²) in [5, 5.41) is 35.5. The Kier molecular flexibility index (Phi) is 2.80. The van der Waals surface area contributed by atoms with Crippen LogP contribution in [0, 0.1) is 0 Å². The lowest BCUT2D eigenvalue weighted by atomic mass is 10.0. The van der Waals surface area contributed by atoms with E-state index < -0.39 is 24.6 Å².